The second-order valence-corrected chi connectivity index (χ2v) is 10.5. The smallest absolute Gasteiger partial charge is 0.348 e. The van der Waals surface area contributed by atoms with Crippen LogP contribution in [0.4, 0.5) is 0 Å². The molecule has 0 N–H and O–H groups in total. The first-order valence-electron chi connectivity index (χ1n) is 10.1. The molecule has 0 amide bonds. The molecule has 2 aliphatic rings. The Labute approximate surface area is 186 Å². The van der Waals surface area contributed by atoms with Crippen molar-refractivity contribution in [2.45, 2.75) is 29.6 Å². The van der Waals surface area contributed by atoms with E-state index in [1.54, 1.807) is 18.6 Å². The average molecular weight is 458 g/mol. The van der Waals surface area contributed by atoms with E-state index in [0.29, 0.717) is 5.75 Å². The summed E-state index contributed by atoms with van der Waals surface area (Å²) in [6.45, 7) is 1.76. The van der Waals surface area contributed by atoms with E-state index in [1.807, 2.05) is 18.2 Å². The van der Waals surface area contributed by atoms with E-state index in [9.17, 15) is 8.42 Å². The molecule has 1 atom stereocenters. The number of ether oxygens (including phenoxy) is 2. The molecule has 1 aromatic heterocycles. The first-order chi connectivity index (χ1) is 15.0. The van der Waals surface area contributed by atoms with Crippen molar-refractivity contribution in [3.63, 3.8) is 0 Å². The molecule has 5 rings (SSSR count). The number of rotatable bonds is 5. The van der Waals surface area contributed by atoms with Gasteiger partial charge >= 0.3 is 10.1 Å². The average Bonchev–Trinajstić information content (AvgIpc) is 3.33. The summed E-state index contributed by atoms with van der Waals surface area (Å²) in [6, 6.07) is 13.5. The number of hydrogen-bond donors (Lipinski definition) is 0. The lowest BCUT2D eigenvalue weighted by atomic mass is 9.84. The molecule has 3 aromatic rings. The fourth-order valence-electron chi connectivity index (χ4n) is 4.49. The highest BCUT2D eigenvalue weighted by molar-refractivity contribution is 7.89. The van der Waals surface area contributed by atoms with Crippen molar-refractivity contribution in [1.29, 1.82) is 0 Å². The molecule has 3 heterocycles. The summed E-state index contributed by atoms with van der Waals surface area (Å²) in [4.78, 5) is 2.47. The standard InChI is InChI=1S/C23H23NO5S2/c1-27-18-5-6-19-15(10-18)7-8-24-14-17-13-21(28-2)22(12-16(17)11-20(19)24)29-31(25,26)23-4-3-9-30-23/h3-6,9-10,12-13,20H,7-8,11,14H2,1-2H3. The first-order valence-corrected chi connectivity index (χ1v) is 12.4. The van der Waals surface area contributed by atoms with Crippen molar-refractivity contribution in [2.24, 2.45) is 0 Å². The molecular weight excluding hydrogens is 434 g/mol. The molecule has 0 bridgehead atoms. The molecule has 6 nitrogen and oxygen atoms in total. The van der Waals surface area contributed by atoms with Crippen LogP contribution >= 0.6 is 11.3 Å². The van der Waals surface area contributed by atoms with Crippen molar-refractivity contribution in [1.82, 2.24) is 4.90 Å². The van der Waals surface area contributed by atoms with E-state index in [-0.39, 0.29) is 16.0 Å². The second kappa shape index (κ2) is 7.85. The Morgan fingerprint density at radius 2 is 1.84 bits per heavy atom. The van der Waals surface area contributed by atoms with Crippen LogP contribution < -0.4 is 13.7 Å². The van der Waals surface area contributed by atoms with Gasteiger partial charge < -0.3 is 13.7 Å². The molecule has 162 valence electrons. The minimum Gasteiger partial charge on any atom is -0.497 e. The van der Waals surface area contributed by atoms with E-state index in [2.05, 4.69) is 17.0 Å². The molecule has 0 saturated heterocycles. The van der Waals surface area contributed by atoms with E-state index >= 15 is 0 Å². The van der Waals surface area contributed by atoms with Crippen LogP contribution in [0.1, 0.15) is 28.3 Å². The SMILES string of the molecule is COc1ccc2c(c1)CCN1Cc3cc(OC)c(OS(=O)(=O)c4cccs4)cc3CC21. The summed E-state index contributed by atoms with van der Waals surface area (Å²) in [7, 11) is -0.677. The Morgan fingerprint density at radius 1 is 1.00 bits per heavy atom. The van der Waals surface area contributed by atoms with Crippen LogP contribution in [-0.4, -0.2) is 34.1 Å². The van der Waals surface area contributed by atoms with Gasteiger partial charge in [0.25, 0.3) is 0 Å². The largest absolute Gasteiger partial charge is 0.497 e. The van der Waals surface area contributed by atoms with Gasteiger partial charge in [-0.05, 0) is 70.8 Å². The third kappa shape index (κ3) is 3.69. The fraction of sp³-hybridized carbons (Fsp3) is 0.304. The summed E-state index contributed by atoms with van der Waals surface area (Å²) < 4.78 is 41.9. The van der Waals surface area contributed by atoms with Gasteiger partial charge in [-0.3, -0.25) is 4.90 Å². The van der Waals surface area contributed by atoms with Crippen molar-refractivity contribution in [3.05, 3.63) is 70.1 Å². The third-order valence-corrected chi connectivity index (χ3v) is 8.62. The number of nitrogens with zero attached hydrogens (tertiary/aromatic N) is 1. The van der Waals surface area contributed by atoms with Crippen molar-refractivity contribution >= 4 is 21.5 Å². The molecular formula is C23H23NO5S2. The monoisotopic (exact) mass is 457 g/mol. The van der Waals surface area contributed by atoms with E-state index < -0.39 is 10.1 Å². The maximum absolute atomic E-state index is 12.7. The third-order valence-electron chi connectivity index (χ3n) is 6.03. The minimum absolute atomic E-state index is 0.175. The van der Waals surface area contributed by atoms with Gasteiger partial charge in [0.15, 0.2) is 15.7 Å². The zero-order valence-corrected chi connectivity index (χ0v) is 19.0. The van der Waals surface area contributed by atoms with Gasteiger partial charge in [0.1, 0.15) is 5.75 Å². The van der Waals surface area contributed by atoms with Crippen LogP contribution in [0.5, 0.6) is 17.2 Å². The Balaban J connectivity index is 1.50. The summed E-state index contributed by atoms with van der Waals surface area (Å²) in [6.07, 6.45) is 1.77. The van der Waals surface area contributed by atoms with E-state index in [0.717, 1.165) is 54.1 Å². The molecule has 8 heteroatoms. The lowest BCUT2D eigenvalue weighted by Gasteiger charge is -2.41. The predicted molar refractivity (Wildman–Crippen MR) is 119 cm³/mol. The highest BCUT2D eigenvalue weighted by Crippen LogP contribution is 2.42. The van der Waals surface area contributed by atoms with Gasteiger partial charge in [-0.25, -0.2) is 0 Å². The van der Waals surface area contributed by atoms with Crippen LogP contribution in [0, 0.1) is 0 Å². The Kier molecular flexibility index (Phi) is 5.16. The van der Waals surface area contributed by atoms with Gasteiger partial charge in [0, 0.05) is 19.1 Å². The molecule has 0 fully saturated rings. The Morgan fingerprint density at radius 3 is 2.58 bits per heavy atom. The maximum Gasteiger partial charge on any atom is 0.348 e. The Bertz CT molecular complexity index is 1220. The van der Waals surface area contributed by atoms with Crippen LogP contribution in [0.25, 0.3) is 0 Å². The molecule has 2 aromatic carbocycles. The van der Waals surface area contributed by atoms with Gasteiger partial charge in [-0.15, -0.1) is 11.3 Å². The van der Waals surface area contributed by atoms with E-state index in [4.69, 9.17) is 13.7 Å². The first kappa shape index (κ1) is 20.4. The quantitative estimate of drug-likeness (QED) is 0.536. The maximum atomic E-state index is 12.7. The number of thiophene rings is 1. The van der Waals surface area contributed by atoms with Crippen molar-refractivity contribution in [2.75, 3.05) is 20.8 Å². The minimum atomic E-state index is -3.89. The molecule has 0 aliphatic carbocycles. The van der Waals surface area contributed by atoms with Crippen LogP contribution in [0.3, 0.4) is 0 Å². The normalized spacial score (nSPS) is 17.9. The van der Waals surface area contributed by atoms with Gasteiger partial charge in [-0.1, -0.05) is 12.1 Å². The predicted octanol–water partition coefficient (Wildman–Crippen LogP) is 4.19. The lowest BCUT2D eigenvalue weighted by molar-refractivity contribution is 0.160. The zero-order chi connectivity index (χ0) is 21.6. The molecule has 1 unspecified atom stereocenters. The zero-order valence-electron chi connectivity index (χ0n) is 17.3. The number of benzene rings is 2. The van der Waals surface area contributed by atoms with Gasteiger partial charge in [0.2, 0.25) is 0 Å². The lowest BCUT2D eigenvalue weighted by Crippen LogP contribution is -2.39. The van der Waals surface area contributed by atoms with Crippen LogP contribution in [-0.2, 0) is 29.5 Å². The summed E-state index contributed by atoms with van der Waals surface area (Å²) in [5.74, 6) is 1.54. The van der Waals surface area contributed by atoms with Crippen molar-refractivity contribution in [3.8, 4) is 17.2 Å². The molecule has 0 spiro atoms. The molecule has 0 radical (unpaired) electrons. The van der Waals surface area contributed by atoms with Gasteiger partial charge in [0.05, 0.1) is 14.2 Å². The number of hydrogen-bond acceptors (Lipinski definition) is 7. The highest BCUT2D eigenvalue weighted by Gasteiger charge is 2.33. The fourth-order valence-corrected chi connectivity index (χ4v) is 6.38. The highest BCUT2D eigenvalue weighted by atomic mass is 32.3. The Hall–Kier alpha value is -2.55. The van der Waals surface area contributed by atoms with E-state index in [1.165, 1.54) is 24.3 Å². The van der Waals surface area contributed by atoms with Crippen molar-refractivity contribution < 1.29 is 22.1 Å². The summed E-state index contributed by atoms with van der Waals surface area (Å²) >= 11 is 1.13. The summed E-state index contributed by atoms with van der Waals surface area (Å²) in [5.41, 5.74) is 4.85. The van der Waals surface area contributed by atoms with Crippen LogP contribution in [0.2, 0.25) is 0 Å². The van der Waals surface area contributed by atoms with Gasteiger partial charge in [-0.2, -0.15) is 8.42 Å². The molecule has 2 aliphatic heterocycles. The van der Waals surface area contributed by atoms with Crippen LogP contribution in [0.15, 0.2) is 52.1 Å². The summed E-state index contributed by atoms with van der Waals surface area (Å²) in [5, 5.41) is 1.71. The number of methoxy groups -OCH3 is 2. The second-order valence-electron chi connectivity index (χ2n) is 7.75. The molecule has 0 saturated carbocycles. The molecule has 31 heavy (non-hydrogen) atoms. The number of fused-ring (bicyclic) bond motifs is 4. The topological polar surface area (TPSA) is 65.1 Å².